The largest absolute Gasteiger partial charge is 0.372 e. The number of aromatic nitrogens is 2. The van der Waals surface area contributed by atoms with Gasteiger partial charge in [0.15, 0.2) is 0 Å². The van der Waals surface area contributed by atoms with E-state index in [0.29, 0.717) is 19.4 Å². The molecule has 1 saturated heterocycles. The molecule has 1 unspecified atom stereocenters. The van der Waals surface area contributed by atoms with Gasteiger partial charge in [-0.25, -0.2) is 4.68 Å². The topological polar surface area (TPSA) is 44.1 Å². The lowest BCUT2D eigenvalue weighted by Gasteiger charge is -2.20. The van der Waals surface area contributed by atoms with E-state index in [4.69, 9.17) is 4.74 Å². The maximum Gasteiger partial charge on any atom is 0.138 e. The average molecular weight is 242 g/mol. The predicted molar refractivity (Wildman–Crippen MR) is 66.5 cm³/mol. The second-order valence-corrected chi connectivity index (χ2v) is 4.41. The number of Topliss-reactive ketones (excluding diaryl/α,β-unsaturated/α-hetero) is 1. The second-order valence-electron chi connectivity index (χ2n) is 4.41. The lowest BCUT2D eigenvalue weighted by atomic mass is 10.0. The number of ether oxygens (including phenoxy) is 1. The highest BCUT2D eigenvalue weighted by molar-refractivity contribution is 5.79. The summed E-state index contributed by atoms with van der Waals surface area (Å²) in [5, 5.41) is 4.31. The van der Waals surface area contributed by atoms with Crippen LogP contribution in [0.15, 0.2) is 42.7 Å². The Hall–Kier alpha value is -1.94. The number of carbonyl (C=O) groups is 1. The Balaban J connectivity index is 1.83. The number of nitrogens with zero attached hydrogens (tertiary/aromatic N) is 2. The molecule has 0 radical (unpaired) electrons. The molecule has 1 fully saturated rings. The SMILES string of the molecule is O=C1CCOC(c2cnn(-c3ccccc3)c2)C1. The van der Waals surface area contributed by atoms with Crippen LogP contribution in [-0.4, -0.2) is 22.2 Å². The molecule has 0 bridgehead atoms. The van der Waals surface area contributed by atoms with Crippen LogP contribution < -0.4 is 0 Å². The summed E-state index contributed by atoms with van der Waals surface area (Å²) >= 11 is 0. The Morgan fingerprint density at radius 3 is 2.89 bits per heavy atom. The third-order valence-electron chi connectivity index (χ3n) is 3.11. The van der Waals surface area contributed by atoms with Crippen LogP contribution in [0.3, 0.4) is 0 Å². The number of carbonyl (C=O) groups excluding carboxylic acids is 1. The maximum absolute atomic E-state index is 11.4. The Labute approximate surface area is 105 Å². The van der Waals surface area contributed by atoms with Crippen molar-refractivity contribution in [2.75, 3.05) is 6.61 Å². The molecule has 0 N–H and O–H groups in total. The fourth-order valence-corrected chi connectivity index (χ4v) is 2.12. The second kappa shape index (κ2) is 4.74. The van der Waals surface area contributed by atoms with Gasteiger partial charge >= 0.3 is 0 Å². The molecule has 1 aromatic heterocycles. The molecule has 3 rings (SSSR count). The highest BCUT2D eigenvalue weighted by Crippen LogP contribution is 2.26. The molecule has 18 heavy (non-hydrogen) atoms. The number of para-hydroxylation sites is 1. The molecular formula is C14H14N2O2. The first-order valence-corrected chi connectivity index (χ1v) is 6.06. The van der Waals surface area contributed by atoms with Crippen molar-refractivity contribution < 1.29 is 9.53 Å². The van der Waals surface area contributed by atoms with Gasteiger partial charge in [-0.15, -0.1) is 0 Å². The normalized spacial score (nSPS) is 20.0. The van der Waals surface area contributed by atoms with Crippen LogP contribution in [0.25, 0.3) is 5.69 Å². The molecule has 1 aliphatic heterocycles. The van der Waals surface area contributed by atoms with Crippen LogP contribution in [0.1, 0.15) is 24.5 Å². The van der Waals surface area contributed by atoms with Gasteiger partial charge in [0.05, 0.1) is 24.6 Å². The third kappa shape index (κ3) is 2.19. The highest BCUT2D eigenvalue weighted by atomic mass is 16.5. The smallest absolute Gasteiger partial charge is 0.138 e. The Bertz CT molecular complexity index is 548. The van der Waals surface area contributed by atoms with Crippen LogP contribution in [-0.2, 0) is 9.53 Å². The van der Waals surface area contributed by atoms with Crippen LogP contribution in [0.5, 0.6) is 0 Å². The number of hydrogen-bond donors (Lipinski definition) is 0. The van der Waals surface area contributed by atoms with E-state index < -0.39 is 0 Å². The summed E-state index contributed by atoms with van der Waals surface area (Å²) in [4.78, 5) is 11.4. The van der Waals surface area contributed by atoms with Crippen LogP contribution in [0, 0.1) is 0 Å². The van der Waals surface area contributed by atoms with E-state index in [-0.39, 0.29) is 11.9 Å². The molecule has 4 nitrogen and oxygen atoms in total. The summed E-state index contributed by atoms with van der Waals surface area (Å²) < 4.78 is 7.41. The molecule has 1 atom stereocenters. The van der Waals surface area contributed by atoms with Crippen LogP contribution in [0.2, 0.25) is 0 Å². The lowest BCUT2D eigenvalue weighted by molar-refractivity contribution is -0.128. The zero-order chi connectivity index (χ0) is 12.4. The zero-order valence-corrected chi connectivity index (χ0v) is 9.95. The van der Waals surface area contributed by atoms with E-state index in [2.05, 4.69) is 5.10 Å². The number of ketones is 1. The van der Waals surface area contributed by atoms with Gasteiger partial charge in [0.25, 0.3) is 0 Å². The van der Waals surface area contributed by atoms with E-state index in [1.54, 1.807) is 10.9 Å². The molecule has 0 saturated carbocycles. The molecule has 92 valence electrons. The first-order valence-electron chi connectivity index (χ1n) is 6.06. The fraction of sp³-hybridized carbons (Fsp3) is 0.286. The van der Waals surface area contributed by atoms with Crippen molar-refractivity contribution in [1.29, 1.82) is 0 Å². The van der Waals surface area contributed by atoms with Crippen molar-refractivity contribution in [3.63, 3.8) is 0 Å². The van der Waals surface area contributed by atoms with Gasteiger partial charge in [-0.1, -0.05) is 18.2 Å². The molecule has 1 aliphatic rings. The zero-order valence-electron chi connectivity index (χ0n) is 9.95. The van der Waals surface area contributed by atoms with E-state index in [0.717, 1.165) is 11.3 Å². The van der Waals surface area contributed by atoms with Gasteiger partial charge in [0.1, 0.15) is 5.78 Å². The first-order chi connectivity index (χ1) is 8.83. The van der Waals surface area contributed by atoms with Crippen molar-refractivity contribution in [2.45, 2.75) is 18.9 Å². The standard InChI is InChI=1S/C14H14N2O2/c17-13-6-7-18-14(8-13)11-9-15-16(10-11)12-4-2-1-3-5-12/h1-5,9-10,14H,6-8H2. The van der Waals surface area contributed by atoms with Crippen LogP contribution >= 0.6 is 0 Å². The van der Waals surface area contributed by atoms with Crippen LogP contribution in [0.4, 0.5) is 0 Å². The van der Waals surface area contributed by atoms with Gasteiger partial charge in [-0.2, -0.15) is 5.10 Å². The van der Waals surface area contributed by atoms with E-state index in [9.17, 15) is 4.79 Å². The molecular weight excluding hydrogens is 228 g/mol. The molecule has 0 aliphatic carbocycles. The number of rotatable bonds is 2. The monoisotopic (exact) mass is 242 g/mol. The predicted octanol–water partition coefficient (Wildman–Crippen LogP) is 2.29. The van der Waals surface area contributed by atoms with Crippen molar-refractivity contribution in [3.8, 4) is 5.69 Å². The maximum atomic E-state index is 11.4. The fourth-order valence-electron chi connectivity index (χ4n) is 2.12. The summed E-state index contributed by atoms with van der Waals surface area (Å²) in [6.07, 6.45) is 4.56. The Morgan fingerprint density at radius 1 is 1.28 bits per heavy atom. The van der Waals surface area contributed by atoms with Crippen molar-refractivity contribution >= 4 is 5.78 Å². The summed E-state index contributed by atoms with van der Waals surface area (Å²) in [5.74, 6) is 0.263. The van der Waals surface area contributed by atoms with Crippen molar-refractivity contribution in [3.05, 3.63) is 48.3 Å². The first kappa shape index (κ1) is 11.2. The van der Waals surface area contributed by atoms with Gasteiger partial charge < -0.3 is 4.74 Å². The number of benzene rings is 1. The quantitative estimate of drug-likeness (QED) is 0.811. The minimum absolute atomic E-state index is 0.135. The molecule has 2 aromatic rings. The lowest BCUT2D eigenvalue weighted by Crippen LogP contribution is -2.19. The minimum atomic E-state index is -0.135. The van der Waals surface area contributed by atoms with Gasteiger partial charge in [-0.05, 0) is 12.1 Å². The highest BCUT2D eigenvalue weighted by Gasteiger charge is 2.22. The van der Waals surface area contributed by atoms with E-state index in [1.165, 1.54) is 0 Å². The average Bonchev–Trinajstić information content (AvgIpc) is 2.89. The summed E-state index contributed by atoms with van der Waals surface area (Å²) in [5.41, 5.74) is 1.97. The van der Waals surface area contributed by atoms with Gasteiger partial charge in [-0.3, -0.25) is 4.79 Å². The minimum Gasteiger partial charge on any atom is -0.372 e. The molecule has 0 amide bonds. The third-order valence-corrected chi connectivity index (χ3v) is 3.11. The summed E-state index contributed by atoms with van der Waals surface area (Å²) in [7, 11) is 0. The summed E-state index contributed by atoms with van der Waals surface area (Å²) in [6, 6.07) is 9.89. The van der Waals surface area contributed by atoms with Gasteiger partial charge in [0.2, 0.25) is 0 Å². The molecule has 0 spiro atoms. The Kier molecular flexibility index (Phi) is 2.94. The summed E-state index contributed by atoms with van der Waals surface area (Å²) in [6.45, 7) is 0.514. The molecule has 1 aromatic carbocycles. The van der Waals surface area contributed by atoms with Crippen molar-refractivity contribution in [2.24, 2.45) is 0 Å². The van der Waals surface area contributed by atoms with E-state index >= 15 is 0 Å². The Morgan fingerprint density at radius 2 is 2.11 bits per heavy atom. The molecule has 2 heterocycles. The molecule has 4 heteroatoms. The van der Waals surface area contributed by atoms with Crippen molar-refractivity contribution in [1.82, 2.24) is 9.78 Å². The van der Waals surface area contributed by atoms with E-state index in [1.807, 2.05) is 36.5 Å². The number of hydrogen-bond acceptors (Lipinski definition) is 3. The van der Waals surface area contributed by atoms with Gasteiger partial charge in [0, 0.05) is 24.6 Å².